The molecule has 2 heterocycles. The highest BCUT2D eigenvalue weighted by molar-refractivity contribution is 7.19. The zero-order valence-electron chi connectivity index (χ0n) is 12.7. The van der Waals surface area contributed by atoms with Gasteiger partial charge in [-0.15, -0.1) is 23.7 Å². The van der Waals surface area contributed by atoms with Crippen molar-refractivity contribution < 1.29 is 4.39 Å². The van der Waals surface area contributed by atoms with Crippen molar-refractivity contribution in [2.24, 2.45) is 0 Å². The Kier molecular flexibility index (Phi) is 4.50. The van der Waals surface area contributed by atoms with Gasteiger partial charge in [0.15, 0.2) is 0 Å². The number of hydrogen-bond donors (Lipinski definition) is 1. The third kappa shape index (κ3) is 2.91. The maximum absolute atomic E-state index is 13.9. The first-order valence-corrected chi connectivity index (χ1v) is 8.34. The first kappa shape index (κ1) is 16.1. The molecule has 0 radical (unpaired) electrons. The van der Waals surface area contributed by atoms with E-state index in [2.05, 4.69) is 15.3 Å². The number of aromatic nitrogens is 2. The van der Waals surface area contributed by atoms with Crippen LogP contribution < -0.4 is 5.32 Å². The van der Waals surface area contributed by atoms with Gasteiger partial charge in [-0.1, -0.05) is 12.1 Å². The minimum absolute atomic E-state index is 0. The Labute approximate surface area is 144 Å². The predicted molar refractivity (Wildman–Crippen MR) is 95.7 cm³/mol. The van der Waals surface area contributed by atoms with E-state index in [0.29, 0.717) is 11.5 Å². The Morgan fingerprint density at radius 1 is 1.13 bits per heavy atom. The normalized spacial score (nSPS) is 13.5. The van der Waals surface area contributed by atoms with Crippen LogP contribution in [-0.4, -0.2) is 9.97 Å². The Morgan fingerprint density at radius 2 is 1.91 bits per heavy atom. The van der Waals surface area contributed by atoms with Crippen LogP contribution in [0, 0.1) is 12.7 Å². The van der Waals surface area contributed by atoms with Crippen molar-refractivity contribution in [2.75, 3.05) is 5.32 Å². The number of aryl methyl sites for hydroxylation is 3. The number of nitrogens with zero attached hydrogens (tertiary/aromatic N) is 2. The van der Waals surface area contributed by atoms with Crippen molar-refractivity contribution >= 4 is 45.5 Å². The molecule has 3 nitrogen and oxygen atoms in total. The van der Waals surface area contributed by atoms with Crippen LogP contribution in [0.4, 0.5) is 15.9 Å². The predicted octanol–water partition coefficient (Wildman–Crippen LogP) is 5.18. The lowest BCUT2D eigenvalue weighted by atomic mass is 9.97. The Morgan fingerprint density at radius 3 is 2.74 bits per heavy atom. The Hall–Kier alpha value is -1.72. The lowest BCUT2D eigenvalue weighted by Crippen LogP contribution is -2.03. The molecule has 1 aliphatic rings. The van der Waals surface area contributed by atoms with Crippen LogP contribution in [0.25, 0.3) is 10.2 Å². The third-order valence-corrected chi connectivity index (χ3v) is 5.24. The van der Waals surface area contributed by atoms with Crippen LogP contribution in [0.15, 0.2) is 24.3 Å². The van der Waals surface area contributed by atoms with Crippen molar-refractivity contribution in [3.63, 3.8) is 0 Å². The molecule has 0 spiro atoms. The zero-order valence-corrected chi connectivity index (χ0v) is 14.4. The molecule has 2 aromatic heterocycles. The van der Waals surface area contributed by atoms with Crippen molar-refractivity contribution in [3.05, 3.63) is 46.3 Å². The van der Waals surface area contributed by atoms with Gasteiger partial charge in [0.25, 0.3) is 0 Å². The van der Waals surface area contributed by atoms with Crippen molar-refractivity contribution in [3.8, 4) is 0 Å². The van der Waals surface area contributed by atoms with Crippen LogP contribution in [0.3, 0.4) is 0 Å². The molecule has 120 valence electrons. The lowest BCUT2D eigenvalue weighted by molar-refractivity contribution is 0.632. The molecule has 0 fully saturated rings. The average Bonchev–Trinajstić information content (AvgIpc) is 2.87. The standard InChI is InChI=1S/C17H16FN3S.ClH/c1-10-19-16(21-13-8-4-3-7-12(13)18)15-11-6-2-5-9-14(11)22-17(15)20-10;/h3-4,7-8H,2,5-6,9H2,1H3,(H,19,20,21);1H. The van der Waals surface area contributed by atoms with Gasteiger partial charge >= 0.3 is 0 Å². The van der Waals surface area contributed by atoms with Gasteiger partial charge in [-0.3, -0.25) is 0 Å². The zero-order chi connectivity index (χ0) is 15.1. The second-order valence-electron chi connectivity index (χ2n) is 5.62. The maximum atomic E-state index is 13.9. The summed E-state index contributed by atoms with van der Waals surface area (Å²) in [5, 5.41) is 4.25. The molecule has 1 N–H and O–H groups in total. The molecular weight excluding hydrogens is 333 g/mol. The van der Waals surface area contributed by atoms with Crippen LogP contribution in [0.5, 0.6) is 0 Å². The highest BCUT2D eigenvalue weighted by Crippen LogP contribution is 2.39. The fourth-order valence-electron chi connectivity index (χ4n) is 3.04. The maximum Gasteiger partial charge on any atom is 0.146 e. The largest absolute Gasteiger partial charge is 0.337 e. The van der Waals surface area contributed by atoms with Gasteiger partial charge in [-0.25, -0.2) is 14.4 Å². The highest BCUT2D eigenvalue weighted by atomic mass is 35.5. The Bertz CT molecular complexity index is 862. The molecule has 0 amide bonds. The summed E-state index contributed by atoms with van der Waals surface area (Å²) in [6.07, 6.45) is 4.62. The summed E-state index contributed by atoms with van der Waals surface area (Å²) in [5.74, 6) is 1.17. The summed E-state index contributed by atoms with van der Waals surface area (Å²) in [5.41, 5.74) is 1.81. The molecule has 6 heteroatoms. The number of para-hydroxylation sites is 1. The van der Waals surface area contributed by atoms with E-state index in [0.717, 1.165) is 28.9 Å². The molecule has 0 aliphatic heterocycles. The van der Waals surface area contributed by atoms with E-state index >= 15 is 0 Å². The van der Waals surface area contributed by atoms with Gasteiger partial charge in [0, 0.05) is 4.88 Å². The molecule has 0 saturated heterocycles. The number of rotatable bonds is 2. The summed E-state index contributed by atoms with van der Waals surface area (Å²) >= 11 is 1.76. The number of hydrogen-bond acceptors (Lipinski definition) is 4. The van der Waals surface area contributed by atoms with E-state index in [1.165, 1.54) is 29.3 Å². The molecule has 0 atom stereocenters. The summed E-state index contributed by atoms with van der Waals surface area (Å²) < 4.78 is 13.9. The van der Waals surface area contributed by atoms with E-state index in [9.17, 15) is 4.39 Å². The van der Waals surface area contributed by atoms with E-state index in [4.69, 9.17) is 0 Å². The minimum atomic E-state index is -0.268. The number of anilines is 2. The van der Waals surface area contributed by atoms with E-state index < -0.39 is 0 Å². The summed E-state index contributed by atoms with van der Waals surface area (Å²) in [4.78, 5) is 11.5. The number of halogens is 2. The number of fused-ring (bicyclic) bond motifs is 3. The fraction of sp³-hybridized carbons (Fsp3) is 0.294. The molecule has 3 aromatic rings. The van der Waals surface area contributed by atoms with Crippen LogP contribution >= 0.6 is 23.7 Å². The molecule has 23 heavy (non-hydrogen) atoms. The van der Waals surface area contributed by atoms with Gasteiger partial charge in [0.1, 0.15) is 22.3 Å². The highest BCUT2D eigenvalue weighted by Gasteiger charge is 2.21. The van der Waals surface area contributed by atoms with Crippen molar-refractivity contribution in [1.82, 2.24) is 9.97 Å². The van der Waals surface area contributed by atoms with E-state index in [1.807, 2.05) is 13.0 Å². The molecule has 4 rings (SSSR count). The molecule has 0 saturated carbocycles. The molecular formula is C17H17ClFN3S. The van der Waals surface area contributed by atoms with Gasteiger partial charge in [0.05, 0.1) is 11.1 Å². The Balaban J connectivity index is 0.00000156. The number of thiophene rings is 1. The molecule has 0 unspecified atom stereocenters. The monoisotopic (exact) mass is 349 g/mol. The second-order valence-corrected chi connectivity index (χ2v) is 6.70. The van der Waals surface area contributed by atoms with Crippen molar-refractivity contribution in [2.45, 2.75) is 32.6 Å². The quantitative estimate of drug-likeness (QED) is 0.692. The van der Waals surface area contributed by atoms with E-state index in [1.54, 1.807) is 23.5 Å². The first-order valence-electron chi connectivity index (χ1n) is 7.53. The summed E-state index contributed by atoms with van der Waals surface area (Å²) in [7, 11) is 0. The first-order chi connectivity index (χ1) is 10.7. The lowest BCUT2D eigenvalue weighted by Gasteiger charge is -2.13. The van der Waals surface area contributed by atoms with Crippen molar-refractivity contribution in [1.29, 1.82) is 0 Å². The third-order valence-electron chi connectivity index (χ3n) is 4.05. The SMILES string of the molecule is Cc1nc(Nc2ccccc2F)c2c3c(sc2n1)CCCC3.Cl. The number of benzene rings is 1. The summed E-state index contributed by atoms with van der Waals surface area (Å²) in [6, 6.07) is 6.70. The fourth-order valence-corrected chi connectivity index (χ4v) is 4.35. The summed E-state index contributed by atoms with van der Waals surface area (Å²) in [6.45, 7) is 1.88. The number of nitrogens with one attached hydrogen (secondary N) is 1. The minimum Gasteiger partial charge on any atom is -0.337 e. The van der Waals surface area contributed by atoms with Gasteiger partial charge in [-0.2, -0.15) is 0 Å². The van der Waals surface area contributed by atoms with Crippen LogP contribution in [0.2, 0.25) is 0 Å². The molecule has 1 aliphatic carbocycles. The van der Waals surface area contributed by atoms with Crippen LogP contribution in [-0.2, 0) is 12.8 Å². The molecule has 0 bridgehead atoms. The second kappa shape index (κ2) is 6.42. The smallest absolute Gasteiger partial charge is 0.146 e. The van der Waals surface area contributed by atoms with E-state index in [-0.39, 0.29) is 18.2 Å². The topological polar surface area (TPSA) is 37.8 Å². The average molecular weight is 350 g/mol. The molecule has 1 aromatic carbocycles. The van der Waals surface area contributed by atoms with Gasteiger partial charge in [0.2, 0.25) is 0 Å². The van der Waals surface area contributed by atoms with Gasteiger partial charge in [-0.05, 0) is 50.3 Å². The van der Waals surface area contributed by atoms with Crippen LogP contribution in [0.1, 0.15) is 29.1 Å². The van der Waals surface area contributed by atoms with Gasteiger partial charge < -0.3 is 5.32 Å².